The highest BCUT2D eigenvalue weighted by Crippen LogP contribution is 2.25. The largest absolute Gasteiger partial charge is 0.506 e. The third kappa shape index (κ3) is 3.73. The Labute approximate surface area is 131 Å². The third-order valence-electron chi connectivity index (χ3n) is 3.09. The minimum Gasteiger partial charge on any atom is -0.506 e. The van der Waals surface area contributed by atoms with Crippen molar-refractivity contribution in [1.82, 2.24) is 9.71 Å². The van der Waals surface area contributed by atoms with Gasteiger partial charge >= 0.3 is 0 Å². The molecule has 22 heavy (non-hydrogen) atoms. The Bertz CT molecular complexity index is 677. The van der Waals surface area contributed by atoms with Gasteiger partial charge in [-0.05, 0) is 31.0 Å². The maximum absolute atomic E-state index is 10.6. The molecule has 7 nitrogen and oxygen atoms in total. The number of non-ortho nitro benzene ring substituents is 1. The van der Waals surface area contributed by atoms with E-state index >= 15 is 0 Å². The summed E-state index contributed by atoms with van der Waals surface area (Å²) in [5, 5.41) is 29.9. The number of aromatic hydroxyl groups is 1. The van der Waals surface area contributed by atoms with Gasteiger partial charge in [0.15, 0.2) is 0 Å². The summed E-state index contributed by atoms with van der Waals surface area (Å²) in [5.74, 6) is 0.0587. The van der Waals surface area contributed by atoms with Gasteiger partial charge in [0.2, 0.25) is 0 Å². The zero-order valence-electron chi connectivity index (χ0n) is 11.8. The van der Waals surface area contributed by atoms with Crippen LogP contribution in [0.5, 0.6) is 5.75 Å². The molecule has 0 radical (unpaired) electrons. The van der Waals surface area contributed by atoms with Crippen LogP contribution in [-0.4, -0.2) is 20.1 Å². The molecule has 2 rings (SSSR count). The Morgan fingerprint density at radius 2 is 2.05 bits per heavy atom. The number of aromatic nitrogens is 1. The first-order valence-corrected chi connectivity index (χ1v) is 7.26. The first kappa shape index (κ1) is 16.2. The van der Waals surface area contributed by atoms with Crippen LogP contribution in [0, 0.1) is 17.0 Å². The Morgan fingerprint density at radius 1 is 1.36 bits per heavy atom. The van der Waals surface area contributed by atoms with Crippen LogP contribution in [0.25, 0.3) is 0 Å². The number of benzene rings is 1. The summed E-state index contributed by atoms with van der Waals surface area (Å²) >= 11 is 1.28. The molecule has 116 valence electrons. The number of aryl methyl sites for hydroxylation is 1. The van der Waals surface area contributed by atoms with Crippen LogP contribution >= 0.6 is 11.9 Å². The maximum atomic E-state index is 10.6. The summed E-state index contributed by atoms with van der Waals surface area (Å²) in [6.45, 7) is 1.80. The van der Waals surface area contributed by atoms with Crippen LogP contribution in [0.4, 0.5) is 5.69 Å². The van der Waals surface area contributed by atoms with E-state index in [1.54, 1.807) is 19.1 Å². The second-order valence-electron chi connectivity index (χ2n) is 4.53. The smallest absolute Gasteiger partial charge is 0.269 e. The number of hydrogen-bond donors (Lipinski definition) is 3. The van der Waals surface area contributed by atoms with Gasteiger partial charge in [0.25, 0.3) is 5.69 Å². The molecule has 0 spiro atoms. The molecule has 0 amide bonds. The lowest BCUT2D eigenvalue weighted by atomic mass is 10.1. The predicted molar refractivity (Wildman–Crippen MR) is 82.4 cm³/mol. The van der Waals surface area contributed by atoms with Gasteiger partial charge < -0.3 is 10.2 Å². The molecule has 1 aromatic carbocycles. The van der Waals surface area contributed by atoms with Crippen LogP contribution < -0.4 is 4.72 Å². The molecule has 0 aliphatic rings. The molecule has 1 heterocycles. The van der Waals surface area contributed by atoms with Crippen LogP contribution in [0.15, 0.2) is 35.4 Å². The summed E-state index contributed by atoms with van der Waals surface area (Å²) < 4.78 is 3.06. The van der Waals surface area contributed by atoms with Crippen molar-refractivity contribution in [2.45, 2.75) is 25.0 Å². The Hall–Kier alpha value is -2.16. The zero-order valence-corrected chi connectivity index (χ0v) is 12.6. The number of hydrogen-bond acceptors (Lipinski definition) is 7. The molecule has 0 saturated heterocycles. The molecule has 1 aromatic heterocycles. The lowest BCUT2D eigenvalue weighted by Gasteiger charge is -2.11. The van der Waals surface area contributed by atoms with Crippen molar-refractivity contribution in [2.24, 2.45) is 0 Å². The maximum Gasteiger partial charge on any atom is 0.269 e. The number of pyridine rings is 1. The van der Waals surface area contributed by atoms with E-state index in [-0.39, 0.29) is 18.0 Å². The molecule has 0 unspecified atom stereocenters. The average Bonchev–Trinajstić information content (AvgIpc) is 2.52. The molecule has 0 saturated carbocycles. The predicted octanol–water partition coefficient (Wildman–Crippen LogP) is 2.29. The van der Waals surface area contributed by atoms with Crippen molar-refractivity contribution >= 4 is 17.6 Å². The van der Waals surface area contributed by atoms with E-state index in [2.05, 4.69) is 9.71 Å². The molecule has 0 bridgehead atoms. The van der Waals surface area contributed by atoms with E-state index < -0.39 is 4.92 Å². The fourth-order valence-electron chi connectivity index (χ4n) is 1.85. The summed E-state index contributed by atoms with van der Waals surface area (Å²) in [7, 11) is 0. The van der Waals surface area contributed by atoms with E-state index in [1.807, 2.05) is 0 Å². The van der Waals surface area contributed by atoms with Crippen LogP contribution in [0.1, 0.15) is 16.8 Å². The number of aliphatic hydroxyl groups excluding tert-OH is 1. The SMILES string of the molecule is Cc1ncc(CO)c(CNSc2ccc([N+](=O)[O-])cc2)c1O. The third-order valence-corrected chi connectivity index (χ3v) is 3.88. The van der Waals surface area contributed by atoms with E-state index in [1.165, 1.54) is 30.3 Å². The lowest BCUT2D eigenvalue weighted by Crippen LogP contribution is -2.08. The van der Waals surface area contributed by atoms with E-state index in [9.17, 15) is 20.3 Å². The van der Waals surface area contributed by atoms with Crippen molar-refractivity contribution in [3.8, 4) is 5.75 Å². The summed E-state index contributed by atoms with van der Waals surface area (Å²) in [5.41, 5.74) is 1.67. The fraction of sp³-hybridized carbons (Fsp3) is 0.214. The number of nitro groups is 1. The second kappa shape index (κ2) is 7.21. The van der Waals surface area contributed by atoms with Crippen molar-refractivity contribution in [1.29, 1.82) is 0 Å². The van der Waals surface area contributed by atoms with Crippen molar-refractivity contribution in [3.63, 3.8) is 0 Å². The van der Waals surface area contributed by atoms with Crippen molar-refractivity contribution in [3.05, 3.63) is 57.4 Å². The van der Waals surface area contributed by atoms with Gasteiger partial charge in [-0.1, -0.05) is 0 Å². The molecule has 0 atom stereocenters. The average molecular weight is 321 g/mol. The number of nitro benzene ring substituents is 1. The van der Waals surface area contributed by atoms with E-state index in [0.29, 0.717) is 23.4 Å². The molecule has 2 aromatic rings. The molecular weight excluding hydrogens is 306 g/mol. The Morgan fingerprint density at radius 3 is 2.64 bits per heavy atom. The van der Waals surface area contributed by atoms with Crippen molar-refractivity contribution < 1.29 is 15.1 Å². The summed E-state index contributed by atoms with van der Waals surface area (Å²) in [6.07, 6.45) is 1.53. The van der Waals surface area contributed by atoms with Crippen LogP contribution in [0.3, 0.4) is 0 Å². The topological polar surface area (TPSA) is 109 Å². The first-order valence-electron chi connectivity index (χ1n) is 6.44. The second-order valence-corrected chi connectivity index (χ2v) is 5.49. The van der Waals surface area contributed by atoms with Gasteiger partial charge in [0, 0.05) is 40.9 Å². The standard InChI is InChI=1S/C14H15N3O4S/c1-9-14(19)13(10(8-18)6-15-9)7-16-22-12-4-2-11(3-5-12)17(20)21/h2-6,16,18-19H,7-8H2,1H3. The van der Waals surface area contributed by atoms with E-state index in [0.717, 1.165) is 4.90 Å². The highest BCUT2D eigenvalue weighted by molar-refractivity contribution is 7.97. The number of nitrogens with one attached hydrogen (secondary N) is 1. The molecule has 3 N–H and O–H groups in total. The van der Waals surface area contributed by atoms with Crippen LogP contribution in [0.2, 0.25) is 0 Å². The highest BCUT2D eigenvalue weighted by atomic mass is 32.2. The number of nitrogens with zero attached hydrogens (tertiary/aromatic N) is 2. The Balaban J connectivity index is 2.02. The molecule has 0 aliphatic heterocycles. The monoisotopic (exact) mass is 321 g/mol. The Kier molecular flexibility index (Phi) is 5.31. The summed E-state index contributed by atoms with van der Waals surface area (Å²) in [6, 6.07) is 6.13. The number of aliphatic hydroxyl groups is 1. The number of rotatable bonds is 6. The normalized spacial score (nSPS) is 10.6. The summed E-state index contributed by atoms with van der Waals surface area (Å²) in [4.78, 5) is 14.9. The quantitative estimate of drug-likeness (QED) is 0.425. The van der Waals surface area contributed by atoms with Gasteiger partial charge in [-0.15, -0.1) is 0 Å². The molecule has 0 fully saturated rings. The fourth-order valence-corrected chi connectivity index (χ4v) is 2.50. The van der Waals surface area contributed by atoms with Crippen LogP contribution in [-0.2, 0) is 13.2 Å². The first-order chi connectivity index (χ1) is 10.5. The molecular formula is C14H15N3O4S. The van der Waals surface area contributed by atoms with Gasteiger partial charge in [-0.25, -0.2) is 0 Å². The highest BCUT2D eigenvalue weighted by Gasteiger charge is 2.11. The van der Waals surface area contributed by atoms with Gasteiger partial charge in [-0.2, -0.15) is 0 Å². The van der Waals surface area contributed by atoms with Gasteiger partial charge in [0.1, 0.15) is 5.75 Å². The van der Waals surface area contributed by atoms with Gasteiger partial charge in [0.05, 0.1) is 17.2 Å². The molecule has 8 heteroatoms. The molecule has 0 aliphatic carbocycles. The zero-order chi connectivity index (χ0) is 16.1. The minimum absolute atomic E-state index is 0.0364. The van der Waals surface area contributed by atoms with E-state index in [4.69, 9.17) is 0 Å². The van der Waals surface area contributed by atoms with Crippen molar-refractivity contribution in [2.75, 3.05) is 0 Å². The lowest BCUT2D eigenvalue weighted by molar-refractivity contribution is -0.384. The minimum atomic E-state index is -0.451. The van der Waals surface area contributed by atoms with Gasteiger partial charge in [-0.3, -0.25) is 19.8 Å².